The Morgan fingerprint density at radius 1 is 1.18 bits per heavy atom. The van der Waals surface area contributed by atoms with Gasteiger partial charge in [0.15, 0.2) is 23.8 Å². The van der Waals surface area contributed by atoms with E-state index in [2.05, 4.69) is 10.3 Å². The highest BCUT2D eigenvalue weighted by Gasteiger charge is 2.23. The topological polar surface area (TPSA) is 139 Å². The second-order valence-electron chi connectivity index (χ2n) is 7.01. The predicted octanol–water partition coefficient (Wildman–Crippen LogP) is 3.68. The fourth-order valence-corrected chi connectivity index (χ4v) is 3.87. The minimum absolute atomic E-state index is 0.0465. The normalized spacial score (nSPS) is 12.4. The smallest absolute Gasteiger partial charge is 0.358 e. The van der Waals surface area contributed by atoms with Crippen molar-refractivity contribution >= 4 is 34.6 Å². The van der Waals surface area contributed by atoms with Crippen LogP contribution in [0.5, 0.6) is 17.2 Å². The van der Waals surface area contributed by atoms with Crippen molar-refractivity contribution in [2.45, 2.75) is 6.42 Å². The first-order valence-electron chi connectivity index (χ1n) is 10.1. The van der Waals surface area contributed by atoms with Crippen LogP contribution in [0.1, 0.15) is 16.9 Å². The van der Waals surface area contributed by atoms with E-state index in [9.17, 15) is 19.7 Å². The zero-order valence-corrected chi connectivity index (χ0v) is 18.8. The molecule has 3 aromatic rings. The summed E-state index contributed by atoms with van der Waals surface area (Å²) in [5.41, 5.74) is 0.382. The summed E-state index contributed by atoms with van der Waals surface area (Å²) >= 11 is 1.25. The van der Waals surface area contributed by atoms with E-state index in [0.717, 1.165) is 5.56 Å². The molecule has 1 aliphatic rings. The molecule has 4 rings (SSSR count). The Hall–Kier alpha value is -4.19. The van der Waals surface area contributed by atoms with Gasteiger partial charge in [-0.2, -0.15) is 0 Å². The molecule has 0 atom stereocenters. The Morgan fingerprint density at radius 2 is 1.88 bits per heavy atom. The summed E-state index contributed by atoms with van der Waals surface area (Å²) in [7, 11) is 1.57. The molecule has 1 aromatic heterocycles. The van der Waals surface area contributed by atoms with Gasteiger partial charge in [-0.15, -0.1) is 11.3 Å². The standard InChI is InChI=1S/C22H19N3O8S/c1-30-14-5-3-13(4-6-14)21-24-16(12-34-21)22(27)33-11-20(26)23-15-9-18-19(10-17(15)25(28)29)32-8-2-7-31-18/h3-6,9-10,12H,2,7-8,11H2,1H3,(H,23,26). The molecule has 0 radical (unpaired) electrons. The SMILES string of the molecule is COc1ccc(-c2nc(C(=O)OCC(=O)Nc3cc4c(cc3[N+](=O)[O-])OCCCO4)cs2)cc1. The van der Waals surface area contributed by atoms with Gasteiger partial charge in [0.25, 0.3) is 11.6 Å². The summed E-state index contributed by atoms with van der Waals surface area (Å²) in [5.74, 6) is -0.343. The van der Waals surface area contributed by atoms with E-state index in [1.807, 2.05) is 12.1 Å². The van der Waals surface area contributed by atoms with E-state index in [4.69, 9.17) is 18.9 Å². The van der Waals surface area contributed by atoms with Crippen molar-refractivity contribution in [2.24, 2.45) is 0 Å². The first kappa shape index (κ1) is 23.0. The van der Waals surface area contributed by atoms with Crippen molar-refractivity contribution in [1.82, 2.24) is 4.98 Å². The van der Waals surface area contributed by atoms with Crippen LogP contribution >= 0.6 is 11.3 Å². The van der Waals surface area contributed by atoms with Crippen LogP contribution in [0.25, 0.3) is 10.6 Å². The Labute approximate surface area is 197 Å². The number of amides is 1. The molecule has 0 saturated heterocycles. The molecule has 0 saturated carbocycles. The van der Waals surface area contributed by atoms with Gasteiger partial charge in [-0.1, -0.05) is 0 Å². The second-order valence-corrected chi connectivity index (χ2v) is 7.87. The molecule has 12 heteroatoms. The Bertz CT molecular complexity index is 1230. The van der Waals surface area contributed by atoms with Crippen molar-refractivity contribution in [3.63, 3.8) is 0 Å². The van der Waals surface area contributed by atoms with Gasteiger partial charge in [-0.05, 0) is 24.3 Å². The lowest BCUT2D eigenvalue weighted by Crippen LogP contribution is -2.21. The number of nitrogens with one attached hydrogen (secondary N) is 1. The highest BCUT2D eigenvalue weighted by Crippen LogP contribution is 2.39. The maximum Gasteiger partial charge on any atom is 0.358 e. The summed E-state index contributed by atoms with van der Waals surface area (Å²) in [6.07, 6.45) is 0.622. The number of nitrogens with zero attached hydrogens (tertiary/aromatic N) is 2. The minimum atomic E-state index is -0.792. The van der Waals surface area contributed by atoms with Crippen molar-refractivity contribution < 1.29 is 33.5 Å². The van der Waals surface area contributed by atoms with E-state index in [1.54, 1.807) is 19.2 Å². The van der Waals surface area contributed by atoms with E-state index >= 15 is 0 Å². The molecule has 0 fully saturated rings. The number of benzene rings is 2. The number of esters is 1. The Balaban J connectivity index is 1.39. The van der Waals surface area contributed by atoms with Crippen LogP contribution in [0.15, 0.2) is 41.8 Å². The number of fused-ring (bicyclic) bond motifs is 1. The van der Waals surface area contributed by atoms with Crippen molar-refractivity contribution in [1.29, 1.82) is 0 Å². The van der Waals surface area contributed by atoms with Crippen LogP contribution in [0.2, 0.25) is 0 Å². The lowest BCUT2D eigenvalue weighted by atomic mass is 10.2. The molecule has 1 aliphatic heterocycles. The molecule has 34 heavy (non-hydrogen) atoms. The summed E-state index contributed by atoms with van der Waals surface area (Å²) in [6, 6.07) is 9.68. The van der Waals surface area contributed by atoms with Crippen LogP contribution in [0.4, 0.5) is 11.4 Å². The molecule has 2 aromatic carbocycles. The molecule has 2 heterocycles. The Morgan fingerprint density at radius 3 is 2.56 bits per heavy atom. The largest absolute Gasteiger partial charge is 0.497 e. The number of ether oxygens (including phenoxy) is 4. The predicted molar refractivity (Wildman–Crippen MR) is 122 cm³/mol. The van der Waals surface area contributed by atoms with Gasteiger partial charge >= 0.3 is 5.97 Å². The lowest BCUT2D eigenvalue weighted by molar-refractivity contribution is -0.384. The number of nitro groups is 1. The fourth-order valence-electron chi connectivity index (χ4n) is 3.07. The van der Waals surface area contributed by atoms with E-state index in [-0.39, 0.29) is 28.6 Å². The van der Waals surface area contributed by atoms with Gasteiger partial charge in [-0.25, -0.2) is 9.78 Å². The summed E-state index contributed by atoms with van der Waals surface area (Å²) in [6.45, 7) is 0.0877. The maximum absolute atomic E-state index is 12.3. The summed E-state index contributed by atoms with van der Waals surface area (Å²) in [5, 5.41) is 15.9. The second kappa shape index (κ2) is 10.2. The molecule has 0 spiro atoms. The van der Waals surface area contributed by atoms with Gasteiger partial charge in [0.1, 0.15) is 16.4 Å². The molecule has 0 unspecified atom stereocenters. The number of hydrogen-bond acceptors (Lipinski definition) is 10. The van der Waals surface area contributed by atoms with Crippen LogP contribution in [-0.2, 0) is 9.53 Å². The number of thiazole rings is 1. The van der Waals surface area contributed by atoms with Crippen molar-refractivity contribution in [3.8, 4) is 27.8 Å². The van der Waals surface area contributed by atoms with Crippen molar-refractivity contribution in [2.75, 3.05) is 32.2 Å². The number of methoxy groups -OCH3 is 1. The molecule has 0 bridgehead atoms. The third kappa shape index (κ3) is 5.23. The monoisotopic (exact) mass is 485 g/mol. The van der Waals surface area contributed by atoms with Crippen LogP contribution in [0.3, 0.4) is 0 Å². The molecule has 0 aliphatic carbocycles. The number of carbonyl (C=O) groups excluding carboxylic acids is 2. The average molecular weight is 485 g/mol. The quantitative estimate of drug-likeness (QED) is 0.301. The Kier molecular flexibility index (Phi) is 6.87. The van der Waals surface area contributed by atoms with Gasteiger partial charge in [-0.3, -0.25) is 14.9 Å². The number of anilines is 1. The molecule has 1 N–H and O–H groups in total. The highest BCUT2D eigenvalue weighted by molar-refractivity contribution is 7.13. The molecular formula is C22H19N3O8S. The first-order valence-corrected chi connectivity index (χ1v) is 11.0. The third-order valence-electron chi connectivity index (χ3n) is 4.72. The highest BCUT2D eigenvalue weighted by atomic mass is 32.1. The molecule has 11 nitrogen and oxygen atoms in total. The molecule has 1 amide bonds. The molecule has 176 valence electrons. The average Bonchev–Trinajstić information content (AvgIpc) is 3.22. The summed E-state index contributed by atoms with van der Waals surface area (Å²) < 4.78 is 21.1. The first-order chi connectivity index (χ1) is 16.4. The summed E-state index contributed by atoms with van der Waals surface area (Å²) in [4.78, 5) is 39.7. The number of hydrogen-bond donors (Lipinski definition) is 1. The zero-order chi connectivity index (χ0) is 24.1. The van der Waals surface area contributed by atoms with Gasteiger partial charge < -0.3 is 24.3 Å². The van der Waals surface area contributed by atoms with E-state index in [0.29, 0.717) is 30.4 Å². The number of nitro benzene ring substituents is 1. The van der Waals surface area contributed by atoms with Crippen LogP contribution in [0, 0.1) is 10.1 Å². The van der Waals surface area contributed by atoms with E-state index < -0.39 is 23.4 Å². The maximum atomic E-state index is 12.3. The molecular weight excluding hydrogens is 466 g/mol. The van der Waals surface area contributed by atoms with Crippen molar-refractivity contribution in [3.05, 3.63) is 57.6 Å². The number of rotatable bonds is 7. The lowest BCUT2D eigenvalue weighted by Gasteiger charge is -2.11. The van der Waals surface area contributed by atoms with Gasteiger partial charge in [0, 0.05) is 23.4 Å². The van der Waals surface area contributed by atoms with Crippen LogP contribution < -0.4 is 19.5 Å². The fraction of sp³-hybridized carbons (Fsp3) is 0.227. The minimum Gasteiger partial charge on any atom is -0.497 e. The third-order valence-corrected chi connectivity index (χ3v) is 5.61. The zero-order valence-electron chi connectivity index (χ0n) is 17.9. The number of aromatic nitrogens is 1. The number of carbonyl (C=O) groups is 2. The van der Waals surface area contributed by atoms with Crippen LogP contribution in [-0.4, -0.2) is 48.7 Å². The van der Waals surface area contributed by atoms with Gasteiger partial charge in [0.05, 0.1) is 31.3 Å². The van der Waals surface area contributed by atoms with E-state index in [1.165, 1.54) is 28.8 Å². The van der Waals surface area contributed by atoms with Gasteiger partial charge in [0.2, 0.25) is 0 Å².